The van der Waals surface area contributed by atoms with Crippen molar-refractivity contribution in [1.29, 1.82) is 0 Å². The van der Waals surface area contributed by atoms with Crippen molar-refractivity contribution >= 4 is 29.2 Å². The lowest BCUT2D eigenvalue weighted by Crippen LogP contribution is -2.22. The van der Waals surface area contributed by atoms with E-state index >= 15 is 0 Å². The minimum Gasteiger partial charge on any atom is -0.506 e. The van der Waals surface area contributed by atoms with E-state index in [1.807, 2.05) is 0 Å². The summed E-state index contributed by atoms with van der Waals surface area (Å²) in [5.74, 6) is -1.68. The van der Waals surface area contributed by atoms with Gasteiger partial charge in [0.25, 0.3) is 0 Å². The first-order valence-corrected chi connectivity index (χ1v) is 5.84. The average Bonchev–Trinajstić information content (AvgIpc) is 2.29. The summed E-state index contributed by atoms with van der Waals surface area (Å²) in [4.78, 5) is 11.6. The largest absolute Gasteiger partial charge is 0.506 e. The van der Waals surface area contributed by atoms with E-state index in [-0.39, 0.29) is 27.1 Å². The maximum atomic E-state index is 11.6. The number of ether oxygens (including phenoxy) is 1. The summed E-state index contributed by atoms with van der Waals surface area (Å²) in [6.07, 6.45) is 1.19. The Morgan fingerprint density at radius 1 is 1.35 bits per heavy atom. The molecule has 2 rings (SSSR count). The van der Waals surface area contributed by atoms with Crippen molar-refractivity contribution in [3.05, 3.63) is 21.7 Å². The number of halogens is 2. The van der Waals surface area contributed by atoms with E-state index in [1.54, 1.807) is 0 Å². The van der Waals surface area contributed by atoms with Gasteiger partial charge in [0.2, 0.25) is 0 Å². The van der Waals surface area contributed by atoms with Gasteiger partial charge in [0, 0.05) is 11.6 Å². The Bertz CT molecular complexity index is 447. The van der Waals surface area contributed by atoms with Crippen LogP contribution in [0.3, 0.4) is 0 Å². The molecule has 0 aliphatic carbocycles. The molecule has 0 radical (unpaired) electrons. The number of hydrogen-bond acceptors (Lipinski definition) is 4. The second-order valence-electron chi connectivity index (χ2n) is 3.82. The summed E-state index contributed by atoms with van der Waals surface area (Å²) in [7, 11) is 0. The van der Waals surface area contributed by atoms with E-state index in [9.17, 15) is 15.0 Å². The number of aromatic hydroxyl groups is 2. The van der Waals surface area contributed by atoms with Gasteiger partial charge < -0.3 is 14.9 Å². The first-order chi connectivity index (χ1) is 8.02. The van der Waals surface area contributed by atoms with Crippen LogP contribution in [0.1, 0.15) is 24.3 Å². The topological polar surface area (TPSA) is 66.8 Å². The van der Waals surface area contributed by atoms with E-state index < -0.39 is 11.9 Å². The summed E-state index contributed by atoms with van der Waals surface area (Å²) in [5.41, 5.74) is 0.140. The van der Waals surface area contributed by atoms with Gasteiger partial charge in [0.1, 0.15) is 11.5 Å². The van der Waals surface area contributed by atoms with E-state index in [0.29, 0.717) is 19.4 Å². The third kappa shape index (κ3) is 2.15. The zero-order valence-corrected chi connectivity index (χ0v) is 10.3. The predicted octanol–water partition coefficient (Wildman–Crippen LogP) is 2.83. The number of benzene rings is 1. The van der Waals surface area contributed by atoms with Gasteiger partial charge in [0.05, 0.1) is 22.6 Å². The lowest BCUT2D eigenvalue weighted by molar-refractivity contribution is -0.149. The predicted molar refractivity (Wildman–Crippen MR) is 62.7 cm³/mol. The number of esters is 1. The summed E-state index contributed by atoms with van der Waals surface area (Å²) >= 11 is 11.6. The van der Waals surface area contributed by atoms with Crippen LogP contribution in [0.15, 0.2) is 6.07 Å². The third-order valence-electron chi connectivity index (χ3n) is 2.72. The van der Waals surface area contributed by atoms with Crippen molar-refractivity contribution < 1.29 is 19.7 Å². The lowest BCUT2D eigenvalue weighted by Gasteiger charge is -2.23. The fraction of sp³-hybridized carbons (Fsp3) is 0.364. The lowest BCUT2D eigenvalue weighted by atomic mass is 9.92. The Hall–Kier alpha value is -1.13. The molecular formula is C11H10Cl2O4. The molecule has 0 spiro atoms. The number of cyclic esters (lactones) is 1. The smallest absolute Gasteiger partial charge is 0.313 e. The molecule has 2 N–H and O–H groups in total. The summed E-state index contributed by atoms with van der Waals surface area (Å²) in [6, 6.07) is 1.14. The molecule has 1 aliphatic heterocycles. The summed E-state index contributed by atoms with van der Waals surface area (Å²) in [5, 5.41) is 19.3. The minimum atomic E-state index is -0.680. The molecule has 0 unspecified atom stereocenters. The molecule has 0 saturated carbocycles. The minimum absolute atomic E-state index is 0.0414. The molecule has 0 amide bonds. The Morgan fingerprint density at radius 3 is 2.71 bits per heavy atom. The highest BCUT2D eigenvalue weighted by molar-refractivity contribution is 6.36. The van der Waals surface area contributed by atoms with Gasteiger partial charge in [-0.2, -0.15) is 0 Å². The fourth-order valence-corrected chi connectivity index (χ4v) is 2.36. The second kappa shape index (κ2) is 4.63. The van der Waals surface area contributed by atoms with Gasteiger partial charge in [-0.15, -0.1) is 0 Å². The maximum absolute atomic E-state index is 11.6. The molecular weight excluding hydrogens is 267 g/mol. The van der Waals surface area contributed by atoms with Crippen LogP contribution < -0.4 is 0 Å². The number of phenols is 2. The third-order valence-corrected chi connectivity index (χ3v) is 3.41. The second-order valence-corrected chi connectivity index (χ2v) is 4.60. The SMILES string of the molecule is O=C1OCCC[C@@H]1c1c(O)c(Cl)cc(O)c1Cl. The van der Waals surface area contributed by atoms with Gasteiger partial charge in [-0.3, -0.25) is 4.79 Å². The molecule has 92 valence electrons. The van der Waals surface area contributed by atoms with Crippen LogP contribution in [0.2, 0.25) is 10.0 Å². The van der Waals surface area contributed by atoms with Gasteiger partial charge >= 0.3 is 5.97 Å². The van der Waals surface area contributed by atoms with Crippen LogP contribution in [-0.4, -0.2) is 22.8 Å². The van der Waals surface area contributed by atoms with E-state index in [4.69, 9.17) is 27.9 Å². The number of carbonyl (C=O) groups is 1. The number of rotatable bonds is 1. The average molecular weight is 277 g/mol. The molecule has 1 heterocycles. The van der Waals surface area contributed by atoms with E-state index in [0.717, 1.165) is 6.07 Å². The van der Waals surface area contributed by atoms with Crippen LogP contribution in [0.5, 0.6) is 11.5 Å². The Labute approximate surface area is 108 Å². The monoisotopic (exact) mass is 276 g/mol. The van der Waals surface area contributed by atoms with Gasteiger partial charge in [-0.25, -0.2) is 0 Å². The zero-order valence-electron chi connectivity index (χ0n) is 8.74. The Balaban J connectivity index is 2.53. The van der Waals surface area contributed by atoms with Gasteiger partial charge in [-0.05, 0) is 12.8 Å². The molecule has 1 aromatic carbocycles. The highest BCUT2D eigenvalue weighted by Crippen LogP contribution is 2.45. The number of carbonyl (C=O) groups excluding carboxylic acids is 1. The first kappa shape index (κ1) is 12.3. The maximum Gasteiger partial charge on any atom is 0.313 e. The van der Waals surface area contributed by atoms with Crippen LogP contribution in [0, 0.1) is 0 Å². The van der Waals surface area contributed by atoms with Crippen molar-refractivity contribution in [3.63, 3.8) is 0 Å². The summed E-state index contributed by atoms with van der Waals surface area (Å²) in [6.45, 7) is 0.361. The zero-order chi connectivity index (χ0) is 12.6. The molecule has 0 bridgehead atoms. The van der Waals surface area contributed by atoms with Crippen molar-refractivity contribution in [3.8, 4) is 11.5 Å². The summed E-state index contributed by atoms with van der Waals surface area (Å²) < 4.78 is 4.90. The van der Waals surface area contributed by atoms with Crippen molar-refractivity contribution in [2.75, 3.05) is 6.61 Å². The highest BCUT2D eigenvalue weighted by atomic mass is 35.5. The molecule has 6 heteroatoms. The van der Waals surface area contributed by atoms with E-state index in [1.165, 1.54) is 0 Å². The van der Waals surface area contributed by atoms with Gasteiger partial charge in [-0.1, -0.05) is 23.2 Å². The molecule has 1 saturated heterocycles. The Kier molecular flexibility index (Phi) is 3.35. The van der Waals surface area contributed by atoms with Crippen LogP contribution in [0.25, 0.3) is 0 Å². The van der Waals surface area contributed by atoms with Crippen molar-refractivity contribution in [1.82, 2.24) is 0 Å². The molecule has 1 aromatic rings. The highest BCUT2D eigenvalue weighted by Gasteiger charge is 2.32. The molecule has 1 fully saturated rings. The molecule has 17 heavy (non-hydrogen) atoms. The van der Waals surface area contributed by atoms with Crippen LogP contribution in [0.4, 0.5) is 0 Å². The van der Waals surface area contributed by atoms with E-state index in [2.05, 4.69) is 0 Å². The Morgan fingerprint density at radius 2 is 2.06 bits per heavy atom. The fourth-order valence-electron chi connectivity index (χ4n) is 1.88. The number of hydrogen-bond donors (Lipinski definition) is 2. The standard InChI is InChI=1S/C11H10Cl2O4/c12-6-4-7(14)9(13)8(10(6)15)5-2-1-3-17-11(5)16/h4-5,14-15H,1-3H2/t5-/m1/s1. The van der Waals surface area contributed by atoms with Gasteiger partial charge in [0.15, 0.2) is 0 Å². The van der Waals surface area contributed by atoms with Crippen LogP contribution in [-0.2, 0) is 9.53 Å². The van der Waals surface area contributed by atoms with Crippen molar-refractivity contribution in [2.45, 2.75) is 18.8 Å². The molecule has 1 atom stereocenters. The first-order valence-electron chi connectivity index (χ1n) is 5.09. The quantitative estimate of drug-likeness (QED) is 0.612. The van der Waals surface area contributed by atoms with Crippen molar-refractivity contribution in [2.24, 2.45) is 0 Å². The normalized spacial score (nSPS) is 20.1. The molecule has 1 aliphatic rings. The molecule has 0 aromatic heterocycles. The van der Waals surface area contributed by atoms with Crippen LogP contribution >= 0.6 is 23.2 Å². The number of phenolic OH excluding ortho intramolecular Hbond substituents is 2. The molecule has 4 nitrogen and oxygen atoms in total.